The minimum atomic E-state index is -0.189. The zero-order chi connectivity index (χ0) is 14.0. The Morgan fingerprint density at radius 3 is 2.89 bits per heavy atom. The molecule has 1 amide bonds. The summed E-state index contributed by atoms with van der Waals surface area (Å²) in [6, 6.07) is 3.30. The van der Waals surface area contributed by atoms with E-state index in [1.165, 1.54) is 0 Å². The Kier molecular flexibility index (Phi) is 3.80. The molecule has 5 N–H and O–H groups in total. The minimum absolute atomic E-state index is 0.00444. The first-order valence-corrected chi connectivity index (χ1v) is 6.25. The van der Waals surface area contributed by atoms with E-state index in [2.05, 4.69) is 10.6 Å². The zero-order valence-corrected chi connectivity index (χ0v) is 11.1. The summed E-state index contributed by atoms with van der Waals surface area (Å²) in [5.74, 6) is 0.629. The summed E-state index contributed by atoms with van der Waals surface area (Å²) < 4.78 is 5.28. The van der Waals surface area contributed by atoms with Crippen LogP contribution in [-0.4, -0.2) is 30.3 Å². The number of ether oxygens (including phenoxy) is 1. The number of anilines is 3. The molecule has 1 unspecified atom stereocenters. The number of amides is 1. The highest BCUT2D eigenvalue weighted by Crippen LogP contribution is 2.35. The summed E-state index contributed by atoms with van der Waals surface area (Å²) in [5, 5.41) is 15.2. The molecular formula is C13H19N3O3. The third-order valence-corrected chi connectivity index (χ3v) is 3.13. The molecule has 0 spiro atoms. The fraction of sp³-hybridized carbons (Fsp3) is 0.462. The quantitative estimate of drug-likeness (QED) is 0.610. The Morgan fingerprint density at radius 2 is 2.26 bits per heavy atom. The van der Waals surface area contributed by atoms with E-state index in [-0.39, 0.29) is 31.1 Å². The van der Waals surface area contributed by atoms with Gasteiger partial charge in [0.05, 0.1) is 29.7 Å². The van der Waals surface area contributed by atoms with Gasteiger partial charge in [-0.3, -0.25) is 4.79 Å². The maximum absolute atomic E-state index is 11.3. The lowest BCUT2D eigenvalue weighted by Gasteiger charge is -2.24. The number of aliphatic hydroxyl groups excluding tert-OH is 1. The minimum Gasteiger partial charge on any atom is -0.482 e. The average Bonchev–Trinajstić information content (AvgIpc) is 2.36. The molecule has 6 nitrogen and oxygen atoms in total. The van der Waals surface area contributed by atoms with E-state index in [1.54, 1.807) is 12.1 Å². The molecule has 19 heavy (non-hydrogen) atoms. The largest absolute Gasteiger partial charge is 0.482 e. The van der Waals surface area contributed by atoms with Gasteiger partial charge in [-0.05, 0) is 12.0 Å². The number of rotatable bonds is 4. The van der Waals surface area contributed by atoms with Crippen molar-refractivity contribution in [3.05, 3.63) is 12.1 Å². The molecule has 0 bridgehead atoms. The lowest BCUT2D eigenvalue weighted by Crippen LogP contribution is -2.30. The molecule has 0 saturated carbocycles. The van der Waals surface area contributed by atoms with Crippen LogP contribution in [0.1, 0.15) is 13.8 Å². The summed E-state index contributed by atoms with van der Waals surface area (Å²) in [6.07, 6.45) is 0. The highest BCUT2D eigenvalue weighted by atomic mass is 16.5. The second-order valence-electron chi connectivity index (χ2n) is 4.95. The molecule has 2 rings (SSSR count). The van der Waals surface area contributed by atoms with Crippen molar-refractivity contribution >= 4 is 23.0 Å². The molecule has 0 aromatic heterocycles. The summed E-state index contributed by atoms with van der Waals surface area (Å²) >= 11 is 0. The van der Waals surface area contributed by atoms with Crippen molar-refractivity contribution in [2.24, 2.45) is 5.92 Å². The number of aliphatic hydroxyl groups is 1. The van der Waals surface area contributed by atoms with E-state index in [0.717, 1.165) is 0 Å². The number of hydrogen-bond donors (Lipinski definition) is 4. The SMILES string of the molecule is CC(C)C(CO)Nc1cc2c(cc1N)OCC(=O)N2. The lowest BCUT2D eigenvalue weighted by molar-refractivity contribution is -0.118. The van der Waals surface area contributed by atoms with Crippen LogP contribution in [0.3, 0.4) is 0 Å². The molecule has 0 radical (unpaired) electrons. The standard InChI is InChI=1S/C13H19N3O3/c1-7(2)11(5-17)15-9-4-10-12(3-8(9)14)19-6-13(18)16-10/h3-4,7,11,15,17H,5-6,14H2,1-2H3,(H,16,18). The third kappa shape index (κ3) is 2.90. The Morgan fingerprint density at radius 1 is 1.53 bits per heavy atom. The molecule has 1 aromatic carbocycles. The van der Waals surface area contributed by atoms with Gasteiger partial charge in [0.25, 0.3) is 5.91 Å². The fourth-order valence-electron chi connectivity index (χ4n) is 1.89. The van der Waals surface area contributed by atoms with Crippen molar-refractivity contribution in [2.75, 3.05) is 29.6 Å². The number of carbonyl (C=O) groups is 1. The van der Waals surface area contributed by atoms with Crippen molar-refractivity contribution in [1.29, 1.82) is 0 Å². The number of carbonyl (C=O) groups excluding carboxylic acids is 1. The van der Waals surface area contributed by atoms with Gasteiger partial charge in [0.1, 0.15) is 5.75 Å². The predicted molar refractivity (Wildman–Crippen MR) is 74.3 cm³/mol. The van der Waals surface area contributed by atoms with Crippen LogP contribution in [-0.2, 0) is 4.79 Å². The van der Waals surface area contributed by atoms with Crippen LogP contribution in [0, 0.1) is 5.92 Å². The van der Waals surface area contributed by atoms with E-state index in [4.69, 9.17) is 10.5 Å². The van der Waals surface area contributed by atoms with Crippen LogP contribution in [0.15, 0.2) is 12.1 Å². The van der Waals surface area contributed by atoms with Crippen LogP contribution in [0.2, 0.25) is 0 Å². The van der Waals surface area contributed by atoms with Gasteiger partial charge in [-0.2, -0.15) is 0 Å². The van der Waals surface area contributed by atoms with Crippen molar-refractivity contribution < 1.29 is 14.6 Å². The molecule has 1 atom stereocenters. The highest BCUT2D eigenvalue weighted by molar-refractivity contribution is 5.97. The first-order chi connectivity index (χ1) is 9.01. The summed E-state index contributed by atoms with van der Waals surface area (Å²) in [4.78, 5) is 11.3. The summed E-state index contributed by atoms with van der Waals surface area (Å²) in [6.45, 7) is 4.03. The number of nitrogen functional groups attached to an aromatic ring is 1. The Balaban J connectivity index is 2.26. The van der Waals surface area contributed by atoms with Crippen LogP contribution in [0.5, 0.6) is 5.75 Å². The third-order valence-electron chi connectivity index (χ3n) is 3.13. The summed E-state index contributed by atoms with van der Waals surface area (Å²) in [7, 11) is 0. The summed E-state index contributed by atoms with van der Waals surface area (Å²) in [5.41, 5.74) is 7.74. The number of nitrogens with two attached hydrogens (primary N) is 1. The topological polar surface area (TPSA) is 96.6 Å². The van der Waals surface area contributed by atoms with Crippen molar-refractivity contribution in [2.45, 2.75) is 19.9 Å². The zero-order valence-electron chi connectivity index (χ0n) is 11.1. The molecule has 1 heterocycles. The molecule has 6 heteroatoms. The maximum Gasteiger partial charge on any atom is 0.262 e. The number of nitrogens with one attached hydrogen (secondary N) is 2. The first kappa shape index (κ1) is 13.5. The Bertz CT molecular complexity index is 488. The van der Waals surface area contributed by atoms with E-state index in [9.17, 15) is 9.90 Å². The lowest BCUT2D eigenvalue weighted by atomic mass is 10.0. The molecular weight excluding hydrogens is 246 g/mol. The number of hydrogen-bond acceptors (Lipinski definition) is 5. The Hall–Kier alpha value is -1.95. The van der Waals surface area contributed by atoms with Crippen molar-refractivity contribution in [1.82, 2.24) is 0 Å². The predicted octanol–water partition coefficient (Wildman–Crippen LogP) is 1.03. The van der Waals surface area contributed by atoms with E-state index < -0.39 is 0 Å². The van der Waals surface area contributed by atoms with Gasteiger partial charge < -0.3 is 26.2 Å². The maximum atomic E-state index is 11.3. The molecule has 1 aromatic rings. The smallest absolute Gasteiger partial charge is 0.262 e. The Labute approximate surface area is 111 Å². The van der Waals surface area contributed by atoms with E-state index in [1.807, 2.05) is 13.8 Å². The molecule has 0 fully saturated rings. The fourth-order valence-corrected chi connectivity index (χ4v) is 1.89. The van der Waals surface area contributed by atoms with Gasteiger partial charge in [0, 0.05) is 6.07 Å². The van der Waals surface area contributed by atoms with Crippen LogP contribution in [0.4, 0.5) is 17.1 Å². The molecule has 0 saturated heterocycles. The van der Waals surface area contributed by atoms with Gasteiger partial charge in [0.15, 0.2) is 6.61 Å². The molecule has 0 aliphatic carbocycles. The monoisotopic (exact) mass is 265 g/mol. The van der Waals surface area contributed by atoms with E-state index >= 15 is 0 Å². The second kappa shape index (κ2) is 5.36. The van der Waals surface area contributed by atoms with Gasteiger partial charge in [-0.1, -0.05) is 13.8 Å². The van der Waals surface area contributed by atoms with Crippen molar-refractivity contribution in [3.8, 4) is 5.75 Å². The first-order valence-electron chi connectivity index (χ1n) is 6.25. The van der Waals surface area contributed by atoms with Gasteiger partial charge in [-0.25, -0.2) is 0 Å². The normalized spacial score (nSPS) is 15.5. The number of benzene rings is 1. The molecule has 104 valence electrons. The van der Waals surface area contributed by atoms with Crippen LogP contribution >= 0.6 is 0 Å². The van der Waals surface area contributed by atoms with Gasteiger partial charge in [-0.15, -0.1) is 0 Å². The van der Waals surface area contributed by atoms with Gasteiger partial charge >= 0.3 is 0 Å². The highest BCUT2D eigenvalue weighted by Gasteiger charge is 2.19. The molecule has 1 aliphatic heterocycles. The van der Waals surface area contributed by atoms with E-state index in [0.29, 0.717) is 22.8 Å². The van der Waals surface area contributed by atoms with Gasteiger partial charge in [0.2, 0.25) is 0 Å². The van der Waals surface area contributed by atoms with Crippen LogP contribution in [0.25, 0.3) is 0 Å². The average molecular weight is 265 g/mol. The van der Waals surface area contributed by atoms with Crippen LogP contribution < -0.4 is 21.1 Å². The number of fused-ring (bicyclic) bond motifs is 1. The molecule has 1 aliphatic rings. The second-order valence-corrected chi connectivity index (χ2v) is 4.95. The van der Waals surface area contributed by atoms with Crippen molar-refractivity contribution in [3.63, 3.8) is 0 Å².